The van der Waals surface area contributed by atoms with E-state index in [1.165, 1.54) is 18.2 Å². The number of carbonyl (C=O) groups excluding carboxylic acids is 2. The summed E-state index contributed by atoms with van der Waals surface area (Å²) in [5, 5.41) is 29.0. The third-order valence-electron chi connectivity index (χ3n) is 4.35. The Balaban J connectivity index is 1.71. The van der Waals surface area contributed by atoms with Gasteiger partial charge in [-0.05, 0) is 30.7 Å². The molecule has 26 heavy (non-hydrogen) atoms. The molecule has 0 radical (unpaired) electrons. The van der Waals surface area contributed by atoms with Crippen molar-refractivity contribution in [3.05, 3.63) is 53.6 Å². The molecule has 3 rings (SSSR count). The predicted molar refractivity (Wildman–Crippen MR) is 94.3 cm³/mol. The van der Waals surface area contributed by atoms with Crippen LogP contribution in [0.2, 0.25) is 0 Å². The van der Waals surface area contributed by atoms with E-state index in [9.17, 15) is 24.9 Å². The summed E-state index contributed by atoms with van der Waals surface area (Å²) in [5.74, 6) is -1.01. The second-order valence-corrected chi connectivity index (χ2v) is 6.19. The van der Waals surface area contributed by atoms with Crippen molar-refractivity contribution < 1.29 is 24.9 Å². The number of para-hydroxylation sites is 1. The molecule has 0 aromatic heterocycles. The molecule has 0 unspecified atom stereocenters. The third kappa shape index (κ3) is 3.72. The van der Waals surface area contributed by atoms with E-state index in [2.05, 4.69) is 0 Å². The van der Waals surface area contributed by atoms with Gasteiger partial charge in [-0.3, -0.25) is 9.59 Å². The average molecular weight is 356 g/mol. The molecule has 0 spiro atoms. The molecule has 0 bridgehead atoms. The zero-order valence-corrected chi connectivity index (χ0v) is 14.1. The molecule has 2 amide bonds. The van der Waals surface area contributed by atoms with E-state index in [4.69, 9.17) is 0 Å². The van der Waals surface area contributed by atoms with Gasteiger partial charge in [0.25, 0.3) is 11.8 Å². The Bertz CT molecular complexity index is 816. The molecular formula is C19H20N2O5. The van der Waals surface area contributed by atoms with E-state index in [0.717, 1.165) is 6.07 Å². The topological polar surface area (TPSA) is 101 Å². The molecule has 0 aliphatic carbocycles. The van der Waals surface area contributed by atoms with Gasteiger partial charge >= 0.3 is 0 Å². The number of aromatic hydroxyl groups is 3. The molecule has 1 fully saturated rings. The lowest BCUT2D eigenvalue weighted by molar-refractivity contribution is 0.0716. The van der Waals surface area contributed by atoms with E-state index >= 15 is 0 Å². The van der Waals surface area contributed by atoms with Crippen molar-refractivity contribution in [3.63, 3.8) is 0 Å². The van der Waals surface area contributed by atoms with Gasteiger partial charge in [0, 0.05) is 37.8 Å². The number of hydrogen-bond acceptors (Lipinski definition) is 5. The molecule has 7 heteroatoms. The Morgan fingerprint density at radius 2 is 1.35 bits per heavy atom. The summed E-state index contributed by atoms with van der Waals surface area (Å²) in [6, 6.07) is 10.1. The van der Waals surface area contributed by atoms with Gasteiger partial charge in [0.1, 0.15) is 17.2 Å². The minimum Gasteiger partial charge on any atom is -0.508 e. The van der Waals surface area contributed by atoms with Crippen LogP contribution >= 0.6 is 0 Å². The number of hydrogen-bond donors (Lipinski definition) is 3. The van der Waals surface area contributed by atoms with Crippen LogP contribution in [-0.4, -0.2) is 63.1 Å². The van der Waals surface area contributed by atoms with E-state index in [1.54, 1.807) is 28.0 Å². The second-order valence-electron chi connectivity index (χ2n) is 6.19. The minimum atomic E-state index is -0.312. The molecule has 1 heterocycles. The molecular weight excluding hydrogens is 336 g/mol. The highest BCUT2D eigenvalue weighted by molar-refractivity contribution is 5.97. The standard InChI is InChI=1S/C19H20N2O5/c22-14-10-13(11-15(23)12-14)18(25)20-6-3-7-21(9-8-20)19(26)16-4-1-2-5-17(16)24/h1-2,4-5,10-12,22-24H,3,6-9H2. The van der Waals surface area contributed by atoms with Gasteiger partial charge in [-0.25, -0.2) is 0 Å². The van der Waals surface area contributed by atoms with Crippen molar-refractivity contribution in [1.29, 1.82) is 0 Å². The second kappa shape index (κ2) is 7.35. The first kappa shape index (κ1) is 17.6. The Morgan fingerprint density at radius 1 is 0.769 bits per heavy atom. The maximum atomic E-state index is 12.6. The average Bonchev–Trinajstić information content (AvgIpc) is 2.86. The summed E-state index contributed by atoms with van der Waals surface area (Å²) >= 11 is 0. The number of rotatable bonds is 2. The molecule has 1 aliphatic heterocycles. The van der Waals surface area contributed by atoms with Crippen LogP contribution in [0.15, 0.2) is 42.5 Å². The largest absolute Gasteiger partial charge is 0.508 e. The predicted octanol–water partition coefficient (Wildman–Crippen LogP) is 1.79. The first-order valence-corrected chi connectivity index (χ1v) is 8.35. The Labute approximate surface area is 150 Å². The van der Waals surface area contributed by atoms with Gasteiger partial charge in [0.05, 0.1) is 5.56 Å². The van der Waals surface area contributed by atoms with Gasteiger partial charge < -0.3 is 25.1 Å². The van der Waals surface area contributed by atoms with Gasteiger partial charge in [-0.1, -0.05) is 12.1 Å². The molecule has 1 saturated heterocycles. The zero-order chi connectivity index (χ0) is 18.7. The summed E-state index contributed by atoms with van der Waals surface area (Å²) in [4.78, 5) is 28.4. The first-order chi connectivity index (χ1) is 12.5. The summed E-state index contributed by atoms with van der Waals surface area (Å²) in [6.45, 7) is 1.60. The lowest BCUT2D eigenvalue weighted by Crippen LogP contribution is -2.37. The molecule has 1 aliphatic rings. The maximum absolute atomic E-state index is 12.6. The highest BCUT2D eigenvalue weighted by Gasteiger charge is 2.25. The van der Waals surface area contributed by atoms with Gasteiger partial charge in [-0.2, -0.15) is 0 Å². The first-order valence-electron chi connectivity index (χ1n) is 8.35. The fraction of sp³-hybridized carbons (Fsp3) is 0.263. The van der Waals surface area contributed by atoms with E-state index in [1.807, 2.05) is 0 Å². The molecule has 3 N–H and O–H groups in total. The van der Waals surface area contributed by atoms with E-state index in [0.29, 0.717) is 32.6 Å². The molecule has 2 aromatic carbocycles. The van der Waals surface area contributed by atoms with Crippen LogP contribution < -0.4 is 0 Å². The molecule has 2 aromatic rings. The van der Waals surface area contributed by atoms with Crippen molar-refractivity contribution in [2.45, 2.75) is 6.42 Å². The number of amides is 2. The Morgan fingerprint density at radius 3 is 1.96 bits per heavy atom. The van der Waals surface area contributed by atoms with Crippen molar-refractivity contribution in [1.82, 2.24) is 9.80 Å². The molecule has 7 nitrogen and oxygen atoms in total. The molecule has 0 atom stereocenters. The highest BCUT2D eigenvalue weighted by Crippen LogP contribution is 2.23. The van der Waals surface area contributed by atoms with Gasteiger partial charge in [0.15, 0.2) is 0 Å². The molecule has 136 valence electrons. The van der Waals surface area contributed by atoms with Gasteiger partial charge in [-0.15, -0.1) is 0 Å². The Hall–Kier alpha value is -3.22. The maximum Gasteiger partial charge on any atom is 0.257 e. The summed E-state index contributed by atoms with van der Waals surface area (Å²) < 4.78 is 0. The van der Waals surface area contributed by atoms with E-state index in [-0.39, 0.29) is 40.2 Å². The zero-order valence-electron chi connectivity index (χ0n) is 14.1. The summed E-state index contributed by atoms with van der Waals surface area (Å²) in [6.07, 6.45) is 0.593. The van der Waals surface area contributed by atoms with Crippen LogP contribution in [-0.2, 0) is 0 Å². The van der Waals surface area contributed by atoms with Crippen molar-refractivity contribution in [2.75, 3.05) is 26.2 Å². The SMILES string of the molecule is O=C(c1cc(O)cc(O)c1)N1CCCN(C(=O)c2ccccc2O)CC1. The van der Waals surface area contributed by atoms with Crippen LogP contribution in [0.5, 0.6) is 17.2 Å². The van der Waals surface area contributed by atoms with Crippen LogP contribution in [0.4, 0.5) is 0 Å². The fourth-order valence-corrected chi connectivity index (χ4v) is 3.05. The lowest BCUT2D eigenvalue weighted by atomic mass is 10.1. The lowest BCUT2D eigenvalue weighted by Gasteiger charge is -2.22. The molecule has 0 saturated carbocycles. The van der Waals surface area contributed by atoms with Crippen molar-refractivity contribution >= 4 is 11.8 Å². The van der Waals surface area contributed by atoms with Crippen LogP contribution in [0, 0.1) is 0 Å². The normalized spacial score (nSPS) is 14.8. The van der Waals surface area contributed by atoms with Crippen molar-refractivity contribution in [3.8, 4) is 17.2 Å². The number of nitrogens with zero attached hydrogens (tertiary/aromatic N) is 2. The fourth-order valence-electron chi connectivity index (χ4n) is 3.05. The van der Waals surface area contributed by atoms with Crippen LogP contribution in [0.25, 0.3) is 0 Å². The summed E-state index contributed by atoms with van der Waals surface area (Å²) in [5.41, 5.74) is 0.438. The number of benzene rings is 2. The number of phenolic OH excluding ortho intramolecular Hbond substituents is 3. The van der Waals surface area contributed by atoms with Crippen LogP contribution in [0.3, 0.4) is 0 Å². The monoisotopic (exact) mass is 356 g/mol. The van der Waals surface area contributed by atoms with Crippen LogP contribution in [0.1, 0.15) is 27.1 Å². The third-order valence-corrected chi connectivity index (χ3v) is 4.35. The quantitative estimate of drug-likeness (QED) is 0.762. The highest BCUT2D eigenvalue weighted by atomic mass is 16.3. The minimum absolute atomic E-state index is 0.0649. The number of carbonyl (C=O) groups is 2. The summed E-state index contributed by atoms with van der Waals surface area (Å²) in [7, 11) is 0. The smallest absolute Gasteiger partial charge is 0.257 e. The van der Waals surface area contributed by atoms with Gasteiger partial charge in [0.2, 0.25) is 0 Å². The van der Waals surface area contributed by atoms with E-state index < -0.39 is 0 Å². The van der Waals surface area contributed by atoms with Crippen molar-refractivity contribution in [2.24, 2.45) is 0 Å². The Kier molecular flexibility index (Phi) is 4.97. The number of phenols is 3.